The first-order chi connectivity index (χ1) is 18.4. The summed E-state index contributed by atoms with van der Waals surface area (Å²) in [7, 11) is 0. The summed E-state index contributed by atoms with van der Waals surface area (Å²) < 4.78 is 18.1. The lowest BCUT2D eigenvalue weighted by atomic mass is 9.58. The van der Waals surface area contributed by atoms with E-state index in [2.05, 4.69) is 57.3 Å². The van der Waals surface area contributed by atoms with Gasteiger partial charge in [-0.1, -0.05) is 75.7 Å². The van der Waals surface area contributed by atoms with E-state index in [9.17, 15) is 14.7 Å². The first kappa shape index (κ1) is 26.6. The molecule has 7 nitrogen and oxygen atoms in total. The number of alkyl carbamates (subject to hydrolysis) is 1. The predicted molar refractivity (Wildman–Crippen MR) is 145 cm³/mol. The summed E-state index contributed by atoms with van der Waals surface area (Å²) in [6.07, 6.45) is -1.32. The number of aliphatic hydroxyl groups excluding tert-OH is 1. The lowest BCUT2D eigenvalue weighted by Gasteiger charge is -2.46. The number of hydrogen-bond donors (Lipinski definition) is 2. The van der Waals surface area contributed by atoms with Gasteiger partial charge in [0, 0.05) is 16.4 Å². The van der Waals surface area contributed by atoms with E-state index in [1.54, 1.807) is 31.2 Å². The highest BCUT2D eigenvalue weighted by Gasteiger charge is 2.95. The lowest BCUT2D eigenvalue weighted by molar-refractivity contribution is -0.173. The number of aliphatic hydroxyl groups is 1. The number of nitrogens with one attached hydrogen (secondary N) is 1. The highest BCUT2D eigenvalue weighted by atomic mass is 35.5. The van der Waals surface area contributed by atoms with Gasteiger partial charge in [0.05, 0.1) is 12.6 Å². The first-order valence-corrected chi connectivity index (χ1v) is 14.2. The van der Waals surface area contributed by atoms with Crippen LogP contribution in [-0.2, 0) is 24.6 Å². The molecular weight excluding hydrogens is 518 g/mol. The Labute approximate surface area is 234 Å². The van der Waals surface area contributed by atoms with Gasteiger partial charge < -0.3 is 24.6 Å². The number of carbonyl (C=O) groups is 2. The number of ether oxygens (including phenoxy) is 3. The summed E-state index contributed by atoms with van der Waals surface area (Å²) in [6.45, 7) is 10.8. The Kier molecular flexibility index (Phi) is 5.93. The molecule has 0 radical (unpaired) electrons. The van der Waals surface area contributed by atoms with Crippen molar-refractivity contribution in [2.45, 2.75) is 82.8 Å². The number of epoxide rings is 1. The summed E-state index contributed by atoms with van der Waals surface area (Å²) in [5.74, 6) is -0.314. The summed E-state index contributed by atoms with van der Waals surface area (Å²) in [4.78, 5) is 25.9. The fourth-order valence-electron chi connectivity index (χ4n) is 8.57. The van der Waals surface area contributed by atoms with Gasteiger partial charge in [-0.05, 0) is 59.9 Å². The molecule has 0 aromatic heterocycles. The topological polar surface area (TPSA) is 97.4 Å². The van der Waals surface area contributed by atoms with Crippen molar-refractivity contribution in [1.82, 2.24) is 5.32 Å². The molecule has 8 heteroatoms. The molecule has 39 heavy (non-hydrogen) atoms. The van der Waals surface area contributed by atoms with E-state index in [-0.39, 0.29) is 23.5 Å². The van der Waals surface area contributed by atoms with E-state index in [1.165, 1.54) is 11.1 Å². The van der Waals surface area contributed by atoms with Crippen LogP contribution in [0.4, 0.5) is 4.79 Å². The zero-order valence-electron chi connectivity index (χ0n) is 23.0. The van der Waals surface area contributed by atoms with Crippen LogP contribution in [0, 0.1) is 16.7 Å². The van der Waals surface area contributed by atoms with Crippen LogP contribution in [-0.4, -0.2) is 41.6 Å². The van der Waals surface area contributed by atoms with Gasteiger partial charge >= 0.3 is 12.1 Å². The number of hydrogen-bond acceptors (Lipinski definition) is 6. The molecule has 6 rings (SSSR count). The Morgan fingerprint density at radius 3 is 2.54 bits per heavy atom. The van der Waals surface area contributed by atoms with Crippen LogP contribution in [0.1, 0.15) is 76.1 Å². The third-order valence-corrected chi connectivity index (χ3v) is 10.9. The van der Waals surface area contributed by atoms with Gasteiger partial charge in [0.15, 0.2) is 6.10 Å². The number of carbonyl (C=O) groups excluding carboxylic acids is 2. The molecule has 1 aliphatic heterocycles. The number of rotatable bonds is 6. The lowest BCUT2D eigenvalue weighted by Crippen LogP contribution is -2.53. The quantitative estimate of drug-likeness (QED) is 0.355. The van der Waals surface area contributed by atoms with Crippen LogP contribution in [0.15, 0.2) is 48.5 Å². The molecule has 1 amide bonds. The second kappa shape index (κ2) is 8.69. The van der Waals surface area contributed by atoms with Gasteiger partial charge in [0.25, 0.3) is 0 Å². The Morgan fingerprint density at radius 1 is 1.15 bits per heavy atom. The maximum atomic E-state index is 13.6. The van der Waals surface area contributed by atoms with Crippen LogP contribution >= 0.6 is 11.6 Å². The molecule has 2 bridgehead atoms. The number of fused-ring (bicyclic) bond motifs is 3. The fraction of sp³-hybridized carbons (Fsp3) is 0.548. The standard InChI is InChI=1S/C31H36ClNO6/c1-6-37-27(36)33-24(18-11-13-19(32)14-12-18)25(34)26(35)38-23-15-22-28(3,4)29(23,5)30-16-17(2)20-9-7-8-10-21(20)31(22,30)39-30/h7-14,17,22-25,34H,6,15-16H2,1-5H3,(H,33,36)/t17-,22?,23?,24-,25+,29?,30-,31+/m0/s1. The van der Waals surface area contributed by atoms with Gasteiger partial charge in [0.1, 0.15) is 17.3 Å². The average Bonchev–Trinajstić information content (AvgIpc) is 3.53. The Hall–Kier alpha value is -2.61. The van der Waals surface area contributed by atoms with Crippen molar-refractivity contribution in [2.75, 3.05) is 6.61 Å². The molecular formula is C31H36ClNO6. The van der Waals surface area contributed by atoms with Gasteiger partial charge in [-0.15, -0.1) is 0 Å². The maximum Gasteiger partial charge on any atom is 0.407 e. The monoisotopic (exact) mass is 553 g/mol. The van der Waals surface area contributed by atoms with Gasteiger partial charge in [-0.3, -0.25) is 0 Å². The zero-order chi connectivity index (χ0) is 28.0. The molecule has 208 valence electrons. The van der Waals surface area contributed by atoms with Crippen molar-refractivity contribution in [3.63, 3.8) is 0 Å². The van der Waals surface area contributed by atoms with Crippen LogP contribution in [0.25, 0.3) is 0 Å². The average molecular weight is 554 g/mol. The number of amides is 1. The molecule has 3 unspecified atom stereocenters. The van der Waals surface area contributed by atoms with E-state index in [1.807, 2.05) is 0 Å². The normalized spacial score (nSPS) is 36.1. The maximum absolute atomic E-state index is 13.6. The second-order valence-electron chi connectivity index (χ2n) is 12.3. The van der Waals surface area contributed by atoms with Crippen molar-refractivity contribution < 1.29 is 28.9 Å². The van der Waals surface area contributed by atoms with E-state index >= 15 is 0 Å². The molecule has 2 saturated carbocycles. The predicted octanol–water partition coefficient (Wildman–Crippen LogP) is 5.64. The van der Waals surface area contributed by atoms with E-state index in [0.717, 1.165) is 6.42 Å². The first-order valence-electron chi connectivity index (χ1n) is 13.8. The summed E-state index contributed by atoms with van der Waals surface area (Å²) >= 11 is 6.04. The molecule has 0 spiro atoms. The molecule has 2 aromatic carbocycles. The van der Waals surface area contributed by atoms with Crippen molar-refractivity contribution in [2.24, 2.45) is 16.7 Å². The second-order valence-corrected chi connectivity index (χ2v) is 12.8. The van der Waals surface area contributed by atoms with Crippen LogP contribution in [0.5, 0.6) is 0 Å². The number of halogens is 1. The molecule has 4 aliphatic rings. The third-order valence-electron chi connectivity index (χ3n) is 10.6. The van der Waals surface area contributed by atoms with Crippen LogP contribution < -0.4 is 5.32 Å². The Balaban J connectivity index is 1.29. The van der Waals surface area contributed by atoms with Gasteiger partial charge in [-0.2, -0.15) is 0 Å². The minimum Gasteiger partial charge on any atom is -0.460 e. The molecule has 1 heterocycles. The highest BCUT2D eigenvalue weighted by molar-refractivity contribution is 6.30. The zero-order valence-corrected chi connectivity index (χ0v) is 23.7. The molecule has 2 N–H and O–H groups in total. The summed E-state index contributed by atoms with van der Waals surface area (Å²) in [6, 6.07) is 14.1. The van der Waals surface area contributed by atoms with Crippen LogP contribution in [0.2, 0.25) is 5.02 Å². The summed E-state index contributed by atoms with van der Waals surface area (Å²) in [5, 5.41) is 14.3. The largest absolute Gasteiger partial charge is 0.460 e. The Bertz CT molecular complexity index is 1330. The molecule has 2 aromatic rings. The highest BCUT2D eigenvalue weighted by Crippen LogP contribution is 2.89. The van der Waals surface area contributed by atoms with E-state index in [0.29, 0.717) is 22.9 Å². The number of benzene rings is 2. The fourth-order valence-corrected chi connectivity index (χ4v) is 8.69. The van der Waals surface area contributed by atoms with Gasteiger partial charge in [-0.25, -0.2) is 9.59 Å². The number of esters is 1. The van der Waals surface area contributed by atoms with Crippen LogP contribution in [0.3, 0.4) is 0 Å². The van der Waals surface area contributed by atoms with Crippen molar-refractivity contribution >= 4 is 23.7 Å². The SMILES string of the molecule is CCOC(=O)N[C@@H](c1ccc(Cl)cc1)[C@@H](O)C(=O)OC1CC2C(C)(C)C1(C)[C@@]13C[C@H](C)c4ccccc4[C@@]21O3. The van der Waals surface area contributed by atoms with Crippen molar-refractivity contribution in [3.8, 4) is 0 Å². The Morgan fingerprint density at radius 2 is 1.85 bits per heavy atom. The van der Waals surface area contributed by atoms with Gasteiger partial charge in [0.2, 0.25) is 0 Å². The minimum absolute atomic E-state index is 0.155. The smallest absolute Gasteiger partial charge is 0.407 e. The van der Waals surface area contributed by atoms with Crippen molar-refractivity contribution in [3.05, 3.63) is 70.2 Å². The summed E-state index contributed by atoms with van der Waals surface area (Å²) in [5.41, 5.74) is 1.69. The molecule has 8 atom stereocenters. The molecule has 3 fully saturated rings. The van der Waals surface area contributed by atoms with E-state index in [4.69, 9.17) is 25.8 Å². The van der Waals surface area contributed by atoms with Crippen molar-refractivity contribution in [1.29, 1.82) is 0 Å². The minimum atomic E-state index is -1.64. The molecule has 1 saturated heterocycles. The molecule has 3 aliphatic carbocycles. The van der Waals surface area contributed by atoms with E-state index < -0.39 is 41.3 Å². The third kappa shape index (κ3) is 3.30.